The second-order valence-electron chi connectivity index (χ2n) is 8.75. The zero-order chi connectivity index (χ0) is 25.6. The molecule has 2 rings (SSSR count). The van der Waals surface area contributed by atoms with Gasteiger partial charge in [0.05, 0.1) is 17.3 Å². The van der Waals surface area contributed by atoms with Gasteiger partial charge in [0.15, 0.2) is 0 Å². The highest BCUT2D eigenvalue weighted by Crippen LogP contribution is 2.29. The number of likely N-dealkylation sites (N-methyl/N-ethyl adjacent to an activating group) is 1. The monoisotopic (exact) mass is 491 g/mol. The van der Waals surface area contributed by atoms with Crippen LogP contribution in [0.2, 0.25) is 5.02 Å². The number of phenols is 1. The van der Waals surface area contributed by atoms with E-state index in [-0.39, 0.29) is 5.75 Å². The molecule has 2 aromatic carbocycles. The lowest BCUT2D eigenvalue weighted by Gasteiger charge is -2.31. The molecule has 0 heterocycles. The van der Waals surface area contributed by atoms with Crippen LogP contribution < -0.4 is 10.6 Å². The Morgan fingerprint density at radius 2 is 1.79 bits per heavy atom. The molecule has 2 aromatic rings. The molecule has 0 radical (unpaired) electrons. The highest BCUT2D eigenvalue weighted by Gasteiger charge is 2.34. The minimum atomic E-state index is -1.37. The first-order chi connectivity index (χ1) is 15.8. The summed E-state index contributed by atoms with van der Waals surface area (Å²) in [6.07, 6.45) is -0.890. The maximum absolute atomic E-state index is 13.4. The predicted molar refractivity (Wildman–Crippen MR) is 129 cm³/mol. The molecule has 184 valence electrons. The van der Waals surface area contributed by atoms with Crippen LogP contribution in [0.25, 0.3) is 0 Å². The van der Waals surface area contributed by atoms with Crippen molar-refractivity contribution in [2.75, 3.05) is 19.0 Å². The molecule has 2 unspecified atom stereocenters. The van der Waals surface area contributed by atoms with Crippen LogP contribution in [0, 0.1) is 6.92 Å². The van der Waals surface area contributed by atoms with Crippen LogP contribution in [0.5, 0.6) is 5.75 Å². The molecule has 0 aromatic heterocycles. The summed E-state index contributed by atoms with van der Waals surface area (Å²) < 4.78 is 5.15. The number of para-hydroxylation sites is 1. The molecule has 0 saturated heterocycles. The first-order valence-corrected chi connectivity index (χ1v) is 10.9. The van der Waals surface area contributed by atoms with Gasteiger partial charge in [0, 0.05) is 7.05 Å². The molecule has 0 aliphatic carbocycles. The number of nitrogens with one attached hydrogen (secondary N) is 2. The number of amides is 3. The average molecular weight is 492 g/mol. The number of alkyl carbamates (subject to hydrolysis) is 1. The maximum Gasteiger partial charge on any atom is 0.408 e. The third-order valence-corrected chi connectivity index (χ3v) is 5.13. The van der Waals surface area contributed by atoms with Crippen molar-refractivity contribution in [2.45, 2.75) is 45.4 Å². The van der Waals surface area contributed by atoms with E-state index in [2.05, 4.69) is 10.6 Å². The number of ether oxygens (including phenoxy) is 1. The van der Waals surface area contributed by atoms with Crippen molar-refractivity contribution in [3.8, 4) is 5.75 Å². The van der Waals surface area contributed by atoms with Gasteiger partial charge < -0.3 is 30.5 Å². The molecule has 3 amide bonds. The molecular formula is C24H30ClN3O6. The summed E-state index contributed by atoms with van der Waals surface area (Å²) >= 11 is 6.24. The normalized spacial score (nSPS) is 12.9. The lowest BCUT2D eigenvalue weighted by molar-refractivity contribution is -0.139. The number of aliphatic hydroxyl groups excluding tert-OH is 1. The van der Waals surface area contributed by atoms with Gasteiger partial charge in [-0.1, -0.05) is 35.9 Å². The van der Waals surface area contributed by atoms with Crippen molar-refractivity contribution < 1.29 is 29.3 Å². The average Bonchev–Trinajstić information content (AvgIpc) is 2.73. The lowest BCUT2D eigenvalue weighted by Crippen LogP contribution is -2.52. The van der Waals surface area contributed by atoms with E-state index >= 15 is 0 Å². The Kier molecular flexibility index (Phi) is 8.89. The number of anilines is 1. The van der Waals surface area contributed by atoms with Gasteiger partial charge in [0.2, 0.25) is 5.91 Å². The highest BCUT2D eigenvalue weighted by atomic mass is 35.5. The number of carbonyl (C=O) groups excluding carboxylic acids is 3. The van der Waals surface area contributed by atoms with Crippen LogP contribution in [0.1, 0.15) is 37.9 Å². The van der Waals surface area contributed by atoms with Crippen LogP contribution in [-0.4, -0.2) is 58.3 Å². The molecular weight excluding hydrogens is 462 g/mol. The summed E-state index contributed by atoms with van der Waals surface area (Å²) in [7, 11) is 1.36. The molecule has 9 nitrogen and oxygen atoms in total. The van der Waals surface area contributed by atoms with Crippen LogP contribution in [0.15, 0.2) is 42.5 Å². The Bertz CT molecular complexity index is 1030. The molecule has 0 saturated carbocycles. The standard InChI is InChI=1S/C24H30ClN3O6/c1-14-8-6-11-17(25)19(14)27-21(31)20(15-9-7-10-16(30)12-15)28(5)22(32)18(13-29)26-23(33)34-24(2,3)4/h6-12,18,20,29-30H,13H2,1-5H3,(H,26,33)(H,27,31). The summed E-state index contributed by atoms with van der Waals surface area (Å²) in [4.78, 5) is 39.8. The van der Waals surface area contributed by atoms with Gasteiger partial charge in [-0.25, -0.2) is 4.79 Å². The third kappa shape index (κ3) is 7.10. The van der Waals surface area contributed by atoms with Crippen molar-refractivity contribution in [3.05, 3.63) is 58.6 Å². The molecule has 34 heavy (non-hydrogen) atoms. The van der Waals surface area contributed by atoms with Crippen molar-refractivity contribution in [1.82, 2.24) is 10.2 Å². The molecule has 0 aliphatic heterocycles. The Balaban J connectivity index is 2.37. The lowest BCUT2D eigenvalue weighted by atomic mass is 10.0. The molecule has 4 N–H and O–H groups in total. The fraction of sp³-hybridized carbons (Fsp3) is 0.375. The molecule has 2 atom stereocenters. The van der Waals surface area contributed by atoms with E-state index in [1.54, 1.807) is 52.0 Å². The minimum absolute atomic E-state index is 0.101. The largest absolute Gasteiger partial charge is 0.508 e. The number of aromatic hydroxyl groups is 1. The van der Waals surface area contributed by atoms with E-state index in [9.17, 15) is 24.6 Å². The zero-order valence-corrected chi connectivity index (χ0v) is 20.5. The first-order valence-electron chi connectivity index (χ1n) is 10.6. The van der Waals surface area contributed by atoms with Gasteiger partial charge in [-0.15, -0.1) is 0 Å². The maximum atomic E-state index is 13.4. The second-order valence-corrected chi connectivity index (χ2v) is 9.16. The third-order valence-electron chi connectivity index (χ3n) is 4.81. The van der Waals surface area contributed by atoms with Crippen LogP contribution >= 0.6 is 11.6 Å². The number of carbonyl (C=O) groups is 3. The Morgan fingerprint density at radius 3 is 2.35 bits per heavy atom. The highest BCUT2D eigenvalue weighted by molar-refractivity contribution is 6.34. The summed E-state index contributed by atoms with van der Waals surface area (Å²) in [6.45, 7) is 6.03. The van der Waals surface area contributed by atoms with Crippen molar-refractivity contribution in [2.24, 2.45) is 0 Å². The smallest absolute Gasteiger partial charge is 0.408 e. The Labute approximate surface area is 203 Å². The van der Waals surface area contributed by atoms with Crippen LogP contribution in [-0.2, 0) is 14.3 Å². The van der Waals surface area contributed by atoms with Crippen molar-refractivity contribution in [3.63, 3.8) is 0 Å². The van der Waals surface area contributed by atoms with Gasteiger partial charge in [0.1, 0.15) is 23.4 Å². The number of hydrogen-bond acceptors (Lipinski definition) is 6. The minimum Gasteiger partial charge on any atom is -0.508 e. The second kappa shape index (κ2) is 11.2. The molecule has 0 bridgehead atoms. The number of rotatable bonds is 7. The molecule has 0 fully saturated rings. The van der Waals surface area contributed by atoms with Gasteiger partial charge in [0.25, 0.3) is 5.91 Å². The number of hydrogen-bond donors (Lipinski definition) is 4. The summed E-state index contributed by atoms with van der Waals surface area (Å²) in [5.74, 6) is -1.45. The van der Waals surface area contributed by atoms with Gasteiger partial charge in [-0.05, 0) is 57.0 Å². The number of nitrogens with zero attached hydrogens (tertiary/aromatic N) is 1. The zero-order valence-electron chi connectivity index (χ0n) is 19.8. The Morgan fingerprint density at radius 1 is 1.15 bits per heavy atom. The van der Waals surface area contributed by atoms with Gasteiger partial charge in [-0.2, -0.15) is 0 Å². The number of phenolic OH excluding ortho intramolecular Hbond substituents is 1. The van der Waals surface area contributed by atoms with Crippen LogP contribution in [0.4, 0.5) is 10.5 Å². The first kappa shape index (κ1) is 26.9. The van der Waals surface area contributed by atoms with Gasteiger partial charge >= 0.3 is 6.09 Å². The topological polar surface area (TPSA) is 128 Å². The van der Waals surface area contributed by atoms with Crippen molar-refractivity contribution in [1.29, 1.82) is 0 Å². The van der Waals surface area contributed by atoms with E-state index in [1.165, 1.54) is 25.2 Å². The predicted octanol–water partition coefficient (Wildman–Crippen LogP) is 3.38. The molecule has 0 spiro atoms. The number of benzene rings is 2. The van der Waals surface area contributed by atoms with E-state index in [1.807, 2.05) is 0 Å². The summed E-state index contributed by atoms with van der Waals surface area (Å²) in [5, 5.41) is 25.1. The SMILES string of the molecule is Cc1cccc(Cl)c1NC(=O)C(c1cccc(O)c1)N(C)C(=O)C(CO)NC(=O)OC(C)(C)C. The van der Waals surface area contributed by atoms with E-state index in [0.717, 1.165) is 4.90 Å². The number of aliphatic hydroxyl groups is 1. The fourth-order valence-corrected chi connectivity index (χ4v) is 3.50. The number of aryl methyl sites for hydroxylation is 1. The van der Waals surface area contributed by atoms with E-state index < -0.39 is 42.2 Å². The quantitative estimate of drug-likeness (QED) is 0.470. The summed E-state index contributed by atoms with van der Waals surface area (Å²) in [6, 6.07) is 8.43. The number of halogens is 1. The molecule has 0 aliphatic rings. The van der Waals surface area contributed by atoms with Crippen molar-refractivity contribution >= 4 is 35.2 Å². The molecule has 10 heteroatoms. The van der Waals surface area contributed by atoms with Gasteiger partial charge in [-0.3, -0.25) is 9.59 Å². The summed E-state index contributed by atoms with van der Waals surface area (Å²) in [5.41, 5.74) is 0.595. The van der Waals surface area contributed by atoms with Crippen LogP contribution in [0.3, 0.4) is 0 Å². The van der Waals surface area contributed by atoms with E-state index in [0.29, 0.717) is 21.8 Å². The Hall–Kier alpha value is -3.30. The van der Waals surface area contributed by atoms with E-state index in [4.69, 9.17) is 16.3 Å². The fourth-order valence-electron chi connectivity index (χ4n) is 3.24.